The summed E-state index contributed by atoms with van der Waals surface area (Å²) in [5.41, 5.74) is 2.53. The fraction of sp³-hybridized carbons (Fsp3) is 0.0833. The number of benzene rings is 1. The van der Waals surface area contributed by atoms with Crippen LogP contribution in [0.25, 0.3) is 6.08 Å². The van der Waals surface area contributed by atoms with Crippen LogP contribution in [0.15, 0.2) is 42.5 Å². The Bertz CT molecular complexity index is 374. The quantitative estimate of drug-likeness (QED) is 0.492. The minimum absolute atomic E-state index is 0.279. The van der Waals surface area contributed by atoms with Gasteiger partial charge in [0.15, 0.2) is 0 Å². The lowest BCUT2D eigenvalue weighted by Crippen LogP contribution is -1.87. The van der Waals surface area contributed by atoms with Crippen molar-refractivity contribution in [3.8, 4) is 0 Å². The lowest BCUT2D eigenvalue weighted by atomic mass is 10.0. The smallest absolute Gasteiger partial charge is 0.142 e. The average Bonchev–Trinajstić information content (AvgIpc) is 2.58. The molecule has 0 aliphatic heterocycles. The Kier molecular flexibility index (Phi) is 2.09. The second-order valence-corrected chi connectivity index (χ2v) is 3.03. The molecular formula is C12H10O. The van der Waals surface area contributed by atoms with Crippen LogP contribution >= 0.6 is 0 Å². The largest absolute Gasteiger partial charge is 0.299 e. The number of aldehydes is 1. The van der Waals surface area contributed by atoms with Gasteiger partial charge in [-0.3, -0.25) is 4.79 Å². The highest BCUT2D eigenvalue weighted by Gasteiger charge is 2.12. The van der Waals surface area contributed by atoms with Crippen LogP contribution in [0.3, 0.4) is 0 Å². The Morgan fingerprint density at radius 2 is 2.08 bits per heavy atom. The van der Waals surface area contributed by atoms with E-state index in [1.807, 2.05) is 18.2 Å². The monoisotopic (exact) mass is 170 g/mol. The molecule has 1 aromatic rings. The molecule has 0 N–H and O–H groups in total. The standard InChI is InChI=1S/C12H10O/c13-9-3-5-11-8-7-10-4-1-2-6-12(10)11/h1-9,11H. The second kappa shape index (κ2) is 3.40. The normalized spacial score (nSPS) is 19.2. The van der Waals surface area contributed by atoms with Gasteiger partial charge in [-0.2, -0.15) is 0 Å². The van der Waals surface area contributed by atoms with Crippen molar-refractivity contribution in [1.29, 1.82) is 0 Å². The number of rotatable bonds is 2. The summed E-state index contributed by atoms with van der Waals surface area (Å²) in [6, 6.07) is 8.22. The topological polar surface area (TPSA) is 17.1 Å². The lowest BCUT2D eigenvalue weighted by Gasteiger charge is -2.03. The van der Waals surface area contributed by atoms with E-state index >= 15 is 0 Å². The van der Waals surface area contributed by atoms with Crippen LogP contribution < -0.4 is 0 Å². The van der Waals surface area contributed by atoms with Gasteiger partial charge in [0.05, 0.1) is 0 Å². The fourth-order valence-corrected chi connectivity index (χ4v) is 1.61. The van der Waals surface area contributed by atoms with Crippen molar-refractivity contribution < 1.29 is 4.79 Å². The first-order chi connectivity index (χ1) is 6.42. The van der Waals surface area contributed by atoms with Crippen LogP contribution in [0.2, 0.25) is 0 Å². The van der Waals surface area contributed by atoms with E-state index in [1.54, 1.807) is 6.08 Å². The highest BCUT2D eigenvalue weighted by molar-refractivity contribution is 5.68. The number of carbonyl (C=O) groups is 1. The van der Waals surface area contributed by atoms with E-state index in [-0.39, 0.29) is 5.92 Å². The Hall–Kier alpha value is -1.63. The Morgan fingerprint density at radius 1 is 1.23 bits per heavy atom. The molecule has 1 aliphatic rings. The van der Waals surface area contributed by atoms with E-state index in [1.165, 1.54) is 11.1 Å². The van der Waals surface area contributed by atoms with Crippen molar-refractivity contribution in [3.05, 3.63) is 53.6 Å². The summed E-state index contributed by atoms with van der Waals surface area (Å²) in [6.45, 7) is 0. The summed E-state index contributed by atoms with van der Waals surface area (Å²) in [5, 5.41) is 0. The SMILES string of the molecule is O=CC=CC1C=Cc2ccccc21. The highest BCUT2D eigenvalue weighted by atomic mass is 16.1. The van der Waals surface area contributed by atoms with Crippen LogP contribution in [0, 0.1) is 0 Å². The summed E-state index contributed by atoms with van der Waals surface area (Å²) < 4.78 is 0. The molecular weight excluding hydrogens is 160 g/mol. The summed E-state index contributed by atoms with van der Waals surface area (Å²) in [4.78, 5) is 10.2. The molecule has 0 fully saturated rings. The molecule has 0 heterocycles. The lowest BCUT2D eigenvalue weighted by molar-refractivity contribution is -0.104. The zero-order valence-corrected chi connectivity index (χ0v) is 7.18. The summed E-state index contributed by atoms with van der Waals surface area (Å²) in [7, 11) is 0. The molecule has 0 saturated heterocycles. The van der Waals surface area contributed by atoms with Gasteiger partial charge in [-0.25, -0.2) is 0 Å². The molecule has 2 rings (SSSR count). The van der Waals surface area contributed by atoms with Crippen LogP contribution in [0.4, 0.5) is 0 Å². The zero-order chi connectivity index (χ0) is 9.10. The first-order valence-corrected chi connectivity index (χ1v) is 4.31. The van der Waals surface area contributed by atoms with Gasteiger partial charge in [-0.05, 0) is 17.2 Å². The molecule has 0 saturated carbocycles. The molecule has 64 valence electrons. The van der Waals surface area contributed by atoms with E-state index in [0.29, 0.717) is 0 Å². The van der Waals surface area contributed by atoms with E-state index in [4.69, 9.17) is 0 Å². The predicted molar refractivity (Wildman–Crippen MR) is 53.4 cm³/mol. The van der Waals surface area contributed by atoms with Crippen LogP contribution in [0.5, 0.6) is 0 Å². The Morgan fingerprint density at radius 3 is 2.92 bits per heavy atom. The van der Waals surface area contributed by atoms with Crippen molar-refractivity contribution in [2.45, 2.75) is 5.92 Å². The number of hydrogen-bond acceptors (Lipinski definition) is 1. The average molecular weight is 170 g/mol. The van der Waals surface area contributed by atoms with Crippen LogP contribution in [-0.4, -0.2) is 6.29 Å². The van der Waals surface area contributed by atoms with Crippen molar-refractivity contribution in [1.82, 2.24) is 0 Å². The Balaban J connectivity index is 2.33. The molecule has 1 atom stereocenters. The van der Waals surface area contributed by atoms with Crippen LogP contribution in [-0.2, 0) is 4.79 Å². The third-order valence-electron chi connectivity index (χ3n) is 2.24. The molecule has 1 nitrogen and oxygen atoms in total. The van der Waals surface area contributed by atoms with E-state index in [9.17, 15) is 4.79 Å². The predicted octanol–water partition coefficient (Wildman–Crippen LogP) is 2.55. The van der Waals surface area contributed by atoms with Gasteiger partial charge >= 0.3 is 0 Å². The van der Waals surface area contributed by atoms with Crippen molar-refractivity contribution in [3.63, 3.8) is 0 Å². The minimum atomic E-state index is 0.279. The molecule has 0 spiro atoms. The van der Waals surface area contributed by atoms with Gasteiger partial charge in [-0.1, -0.05) is 42.5 Å². The van der Waals surface area contributed by atoms with E-state index in [0.717, 1.165) is 6.29 Å². The third kappa shape index (κ3) is 1.45. The van der Waals surface area contributed by atoms with E-state index < -0.39 is 0 Å². The zero-order valence-electron chi connectivity index (χ0n) is 7.18. The molecule has 1 unspecified atom stereocenters. The second-order valence-electron chi connectivity index (χ2n) is 3.03. The van der Waals surface area contributed by atoms with Crippen LogP contribution in [0.1, 0.15) is 17.0 Å². The molecule has 1 aliphatic carbocycles. The first kappa shape index (κ1) is 7.99. The summed E-state index contributed by atoms with van der Waals surface area (Å²) in [5.74, 6) is 0.279. The maximum Gasteiger partial charge on any atom is 0.142 e. The summed E-state index contributed by atoms with van der Waals surface area (Å²) >= 11 is 0. The van der Waals surface area contributed by atoms with Crippen molar-refractivity contribution >= 4 is 12.4 Å². The first-order valence-electron chi connectivity index (χ1n) is 4.31. The maximum absolute atomic E-state index is 10.2. The van der Waals surface area contributed by atoms with Crippen molar-refractivity contribution in [2.75, 3.05) is 0 Å². The number of fused-ring (bicyclic) bond motifs is 1. The van der Waals surface area contributed by atoms with Gasteiger partial charge < -0.3 is 0 Å². The molecule has 0 amide bonds. The maximum atomic E-state index is 10.2. The molecule has 13 heavy (non-hydrogen) atoms. The number of allylic oxidation sites excluding steroid dienone is 3. The van der Waals surface area contributed by atoms with Gasteiger partial charge in [-0.15, -0.1) is 0 Å². The van der Waals surface area contributed by atoms with E-state index in [2.05, 4.69) is 24.3 Å². The van der Waals surface area contributed by atoms with Gasteiger partial charge in [0, 0.05) is 5.92 Å². The number of hydrogen-bond donors (Lipinski definition) is 0. The molecule has 1 heteroatoms. The molecule has 0 radical (unpaired) electrons. The fourth-order valence-electron chi connectivity index (χ4n) is 1.61. The third-order valence-corrected chi connectivity index (χ3v) is 2.24. The highest BCUT2D eigenvalue weighted by Crippen LogP contribution is 2.30. The summed E-state index contributed by atoms with van der Waals surface area (Å²) in [6.07, 6.45) is 8.47. The van der Waals surface area contributed by atoms with Crippen molar-refractivity contribution in [2.24, 2.45) is 0 Å². The minimum Gasteiger partial charge on any atom is -0.299 e. The van der Waals surface area contributed by atoms with Gasteiger partial charge in [0.1, 0.15) is 6.29 Å². The van der Waals surface area contributed by atoms with Gasteiger partial charge in [0.25, 0.3) is 0 Å². The Labute approximate surface area is 77.4 Å². The van der Waals surface area contributed by atoms with Gasteiger partial charge in [0.2, 0.25) is 0 Å². The molecule has 0 aromatic heterocycles. The molecule has 0 bridgehead atoms. The molecule has 1 aromatic carbocycles. The number of carbonyl (C=O) groups excluding carboxylic acids is 1.